The summed E-state index contributed by atoms with van der Waals surface area (Å²) >= 11 is 0. The summed E-state index contributed by atoms with van der Waals surface area (Å²) in [6.45, 7) is 18.9. The van der Waals surface area contributed by atoms with Gasteiger partial charge in [0.25, 0.3) is 0 Å². The van der Waals surface area contributed by atoms with Crippen LogP contribution in [-0.4, -0.2) is 21.5 Å². The fourth-order valence-corrected chi connectivity index (χ4v) is 4.74. The lowest BCUT2D eigenvalue weighted by atomic mass is 10.0. The van der Waals surface area contributed by atoms with Gasteiger partial charge in [0.1, 0.15) is 17.1 Å². The molecule has 0 aliphatic rings. The molecular formula is C33H48N4O3. The van der Waals surface area contributed by atoms with Crippen LogP contribution in [0.15, 0.2) is 72.8 Å². The zero-order chi connectivity index (χ0) is 29.9. The third kappa shape index (κ3) is 7.98. The molecule has 0 fully saturated rings. The van der Waals surface area contributed by atoms with E-state index in [0.29, 0.717) is 36.7 Å². The number of para-hydroxylation sites is 3. The number of quaternary nitrogens is 3. The van der Waals surface area contributed by atoms with Gasteiger partial charge in [-0.3, -0.25) is 4.90 Å². The average Bonchev–Trinajstić information content (AvgIpc) is 2.87. The van der Waals surface area contributed by atoms with Crippen molar-refractivity contribution in [2.45, 2.75) is 98.6 Å². The summed E-state index contributed by atoms with van der Waals surface area (Å²) in [5.74, 6) is 0. The van der Waals surface area contributed by atoms with Crippen molar-refractivity contribution in [3.63, 3.8) is 0 Å². The molecule has 0 radical (unpaired) electrons. The first-order valence-electron chi connectivity index (χ1n) is 14.1. The average molecular weight is 549 g/mol. The summed E-state index contributed by atoms with van der Waals surface area (Å²) in [4.78, 5) is 2.23. The van der Waals surface area contributed by atoms with Crippen LogP contribution in [0.5, 0.6) is 0 Å². The van der Waals surface area contributed by atoms with Crippen molar-refractivity contribution < 1.29 is 15.2 Å². The highest BCUT2D eigenvalue weighted by molar-refractivity contribution is 5.43. The van der Waals surface area contributed by atoms with Crippen LogP contribution >= 0.6 is 0 Å². The molecule has 0 aromatic heterocycles. The predicted octanol–water partition coefficient (Wildman–Crippen LogP) is 4.33. The molecule has 3 N–H and O–H groups in total. The summed E-state index contributed by atoms with van der Waals surface area (Å²) in [5, 5.41) is 40.4. The second-order valence-electron chi connectivity index (χ2n) is 13.9. The van der Waals surface area contributed by atoms with Gasteiger partial charge in [-0.05, 0) is 80.5 Å². The minimum atomic E-state index is -0.515. The first-order chi connectivity index (χ1) is 18.5. The molecule has 3 atom stereocenters. The Labute approximate surface area is 240 Å². The standard InChI is InChI=1S/C33H48N4O3/c1-31(2,3)35(38)28-19-13-10-16-25(28)22-34(23-26-17-11-14-20-29(26)36(39)32(4,5)6)24-27-18-12-15-21-30(27)37(40)33(7,8)9/h10-21,35-37H,22-24H2,1-9H3. The fraction of sp³-hybridized carbons (Fsp3) is 0.455. The van der Waals surface area contributed by atoms with Crippen molar-refractivity contribution in [3.05, 3.63) is 105 Å². The Kier molecular flexibility index (Phi) is 9.96. The molecule has 3 unspecified atom stereocenters. The van der Waals surface area contributed by atoms with Gasteiger partial charge in [0, 0.05) is 36.3 Å². The van der Waals surface area contributed by atoms with Crippen molar-refractivity contribution in [2.24, 2.45) is 0 Å². The predicted molar refractivity (Wildman–Crippen MR) is 164 cm³/mol. The molecule has 0 aliphatic heterocycles. The molecular weight excluding hydrogens is 500 g/mol. The first-order valence-corrected chi connectivity index (χ1v) is 14.1. The van der Waals surface area contributed by atoms with Crippen LogP contribution in [-0.2, 0) is 19.6 Å². The minimum absolute atomic E-state index is 0.0923. The Balaban J connectivity index is 2.08. The Bertz CT molecular complexity index is 1100. The van der Waals surface area contributed by atoms with Crippen LogP contribution in [0.2, 0.25) is 0 Å². The van der Waals surface area contributed by atoms with Gasteiger partial charge in [-0.25, -0.2) is 0 Å². The number of nitrogens with one attached hydrogen (secondary N) is 3. The number of hydroxylamine groups is 3. The van der Waals surface area contributed by atoms with E-state index in [4.69, 9.17) is 0 Å². The van der Waals surface area contributed by atoms with E-state index in [1.165, 1.54) is 0 Å². The van der Waals surface area contributed by atoms with Gasteiger partial charge in [-0.15, -0.1) is 0 Å². The molecule has 0 bridgehead atoms. The topological polar surface area (TPSA) is 85.7 Å². The van der Waals surface area contributed by atoms with Crippen LogP contribution < -0.4 is 15.2 Å². The van der Waals surface area contributed by atoms with Gasteiger partial charge >= 0.3 is 0 Å². The Morgan fingerprint density at radius 3 is 0.900 bits per heavy atom. The molecule has 218 valence electrons. The summed E-state index contributed by atoms with van der Waals surface area (Å²) in [6, 6.07) is 23.3. The lowest BCUT2D eigenvalue weighted by Crippen LogP contribution is -3.10. The maximum atomic E-state index is 13.4. The number of hydrogen-bond donors (Lipinski definition) is 3. The molecule has 0 aliphatic carbocycles. The zero-order valence-corrected chi connectivity index (χ0v) is 25.7. The van der Waals surface area contributed by atoms with Crippen LogP contribution in [0.3, 0.4) is 0 Å². The molecule has 3 aromatic carbocycles. The van der Waals surface area contributed by atoms with E-state index in [-0.39, 0.29) is 15.2 Å². The van der Waals surface area contributed by atoms with E-state index >= 15 is 0 Å². The van der Waals surface area contributed by atoms with E-state index in [0.717, 1.165) is 16.7 Å². The summed E-state index contributed by atoms with van der Waals surface area (Å²) in [5.41, 5.74) is 3.37. The Morgan fingerprint density at radius 2 is 0.675 bits per heavy atom. The smallest absolute Gasteiger partial charge is 0.136 e. The number of hydrogen-bond acceptors (Lipinski definition) is 4. The third-order valence-electron chi connectivity index (χ3n) is 7.01. The first kappa shape index (κ1) is 31.9. The molecule has 0 amide bonds. The normalized spacial score (nSPS) is 15.2. The van der Waals surface area contributed by atoms with Crippen LogP contribution in [0.4, 0.5) is 17.1 Å². The van der Waals surface area contributed by atoms with Crippen LogP contribution in [0, 0.1) is 15.6 Å². The van der Waals surface area contributed by atoms with E-state index in [1.54, 1.807) is 0 Å². The van der Waals surface area contributed by atoms with Crippen LogP contribution in [0.25, 0.3) is 0 Å². The van der Waals surface area contributed by atoms with E-state index < -0.39 is 16.6 Å². The highest BCUT2D eigenvalue weighted by Crippen LogP contribution is 2.24. The summed E-state index contributed by atoms with van der Waals surface area (Å²) in [7, 11) is 0. The molecule has 7 nitrogen and oxygen atoms in total. The maximum absolute atomic E-state index is 13.4. The number of rotatable bonds is 9. The maximum Gasteiger partial charge on any atom is 0.136 e. The Hall–Kier alpha value is -2.62. The molecule has 0 heterocycles. The van der Waals surface area contributed by atoms with E-state index in [9.17, 15) is 15.6 Å². The van der Waals surface area contributed by atoms with Crippen molar-refractivity contribution in [1.29, 1.82) is 0 Å². The Morgan fingerprint density at radius 1 is 0.450 bits per heavy atom. The molecule has 3 rings (SSSR count). The van der Waals surface area contributed by atoms with Crippen molar-refractivity contribution in [1.82, 2.24) is 4.90 Å². The fourth-order valence-electron chi connectivity index (χ4n) is 4.74. The van der Waals surface area contributed by atoms with Crippen molar-refractivity contribution in [3.8, 4) is 0 Å². The summed E-state index contributed by atoms with van der Waals surface area (Å²) in [6.07, 6.45) is 0. The SMILES string of the molecule is CC(C)(C)[NH+]([O-])c1ccccc1CN(Cc1ccccc1[NH+]([O-])C(C)(C)C)Cc1ccccc1[NH+]([O-])C(C)(C)C. The second kappa shape index (κ2) is 12.5. The lowest BCUT2D eigenvalue weighted by molar-refractivity contribution is -0.832. The van der Waals surface area contributed by atoms with E-state index in [2.05, 4.69) is 4.90 Å². The van der Waals surface area contributed by atoms with E-state index in [1.807, 2.05) is 135 Å². The molecule has 3 aromatic rings. The zero-order valence-electron chi connectivity index (χ0n) is 25.7. The number of nitrogens with zero attached hydrogens (tertiary/aromatic N) is 1. The van der Waals surface area contributed by atoms with Crippen molar-refractivity contribution in [2.75, 3.05) is 0 Å². The van der Waals surface area contributed by atoms with Gasteiger partial charge < -0.3 is 30.8 Å². The van der Waals surface area contributed by atoms with Gasteiger partial charge in [-0.2, -0.15) is 0 Å². The molecule has 0 saturated carbocycles. The van der Waals surface area contributed by atoms with Gasteiger partial charge in [0.05, 0.1) is 16.6 Å². The van der Waals surface area contributed by atoms with Crippen molar-refractivity contribution >= 4 is 17.1 Å². The highest BCUT2D eigenvalue weighted by atomic mass is 16.5. The quantitative estimate of drug-likeness (QED) is 0.348. The van der Waals surface area contributed by atoms with Crippen LogP contribution in [0.1, 0.15) is 79.0 Å². The second-order valence-corrected chi connectivity index (χ2v) is 13.9. The minimum Gasteiger partial charge on any atom is -0.628 e. The lowest BCUT2D eigenvalue weighted by Gasteiger charge is -2.38. The largest absolute Gasteiger partial charge is 0.628 e. The molecule has 0 spiro atoms. The van der Waals surface area contributed by atoms with Gasteiger partial charge in [0.2, 0.25) is 0 Å². The highest BCUT2D eigenvalue weighted by Gasteiger charge is 2.27. The number of benzene rings is 3. The monoisotopic (exact) mass is 548 g/mol. The van der Waals surface area contributed by atoms with Gasteiger partial charge in [-0.1, -0.05) is 54.6 Å². The summed E-state index contributed by atoms with van der Waals surface area (Å²) < 4.78 is 0. The third-order valence-corrected chi connectivity index (χ3v) is 7.01. The molecule has 7 heteroatoms. The molecule has 40 heavy (non-hydrogen) atoms. The van der Waals surface area contributed by atoms with Gasteiger partial charge in [0.15, 0.2) is 0 Å². The molecule has 0 saturated heterocycles.